The van der Waals surface area contributed by atoms with E-state index in [0.717, 1.165) is 32.1 Å². The molecule has 0 aromatic carbocycles. The van der Waals surface area contributed by atoms with Crippen LogP contribution in [-0.2, 0) is 9.53 Å². The largest absolute Gasteiger partial charge is 0.481 e. The summed E-state index contributed by atoms with van der Waals surface area (Å²) >= 11 is 0. The van der Waals surface area contributed by atoms with Crippen LogP contribution in [0.4, 0.5) is 0 Å². The Kier molecular flexibility index (Phi) is 7.08. The number of hydrogen-bond acceptors (Lipinski definition) is 6. The third-order valence-corrected chi connectivity index (χ3v) is 5.43. The SMILES string of the molecule is COc1ccc(C(=O)N2CCCOCCNC(=O)C3CCCCC32)c(OC)n1. The summed E-state index contributed by atoms with van der Waals surface area (Å²) in [6.45, 7) is 2.08. The molecule has 8 heteroatoms. The Morgan fingerprint density at radius 3 is 2.79 bits per heavy atom. The van der Waals surface area contributed by atoms with E-state index in [2.05, 4.69) is 10.3 Å². The normalized spacial score (nSPS) is 23.8. The summed E-state index contributed by atoms with van der Waals surface area (Å²) in [5, 5.41) is 2.96. The molecule has 2 heterocycles. The van der Waals surface area contributed by atoms with Crippen LogP contribution in [0.3, 0.4) is 0 Å². The average Bonchev–Trinajstić information content (AvgIpc) is 2.77. The van der Waals surface area contributed by atoms with Gasteiger partial charge in [-0.25, -0.2) is 0 Å². The second-order valence-electron chi connectivity index (χ2n) is 7.12. The van der Waals surface area contributed by atoms with E-state index < -0.39 is 0 Å². The second-order valence-corrected chi connectivity index (χ2v) is 7.12. The van der Waals surface area contributed by atoms with E-state index in [1.54, 1.807) is 12.1 Å². The number of carbonyl (C=O) groups is 2. The summed E-state index contributed by atoms with van der Waals surface area (Å²) in [5.41, 5.74) is 0.379. The summed E-state index contributed by atoms with van der Waals surface area (Å²) in [4.78, 5) is 32.3. The summed E-state index contributed by atoms with van der Waals surface area (Å²) in [6, 6.07) is 3.19. The van der Waals surface area contributed by atoms with Crippen molar-refractivity contribution < 1.29 is 23.8 Å². The Morgan fingerprint density at radius 2 is 2.00 bits per heavy atom. The highest BCUT2D eigenvalue weighted by Gasteiger charge is 2.38. The van der Waals surface area contributed by atoms with Gasteiger partial charge < -0.3 is 24.4 Å². The number of pyridine rings is 1. The lowest BCUT2D eigenvalue weighted by atomic mass is 9.82. The molecule has 8 nitrogen and oxygen atoms in total. The van der Waals surface area contributed by atoms with Crippen molar-refractivity contribution in [3.8, 4) is 11.8 Å². The second kappa shape index (κ2) is 9.73. The average molecular weight is 391 g/mol. The molecule has 28 heavy (non-hydrogen) atoms. The van der Waals surface area contributed by atoms with Gasteiger partial charge in [-0.1, -0.05) is 12.8 Å². The van der Waals surface area contributed by atoms with Crippen LogP contribution in [0.15, 0.2) is 12.1 Å². The summed E-state index contributed by atoms with van der Waals surface area (Å²) in [5.74, 6) is 0.248. The minimum atomic E-state index is -0.201. The molecule has 154 valence electrons. The Labute approximate surface area is 165 Å². The molecule has 1 saturated carbocycles. The van der Waals surface area contributed by atoms with Gasteiger partial charge in [0.1, 0.15) is 5.56 Å². The van der Waals surface area contributed by atoms with Crippen LogP contribution >= 0.6 is 0 Å². The Morgan fingerprint density at radius 1 is 1.18 bits per heavy atom. The van der Waals surface area contributed by atoms with Gasteiger partial charge >= 0.3 is 0 Å². The summed E-state index contributed by atoms with van der Waals surface area (Å²) in [7, 11) is 3.00. The summed E-state index contributed by atoms with van der Waals surface area (Å²) < 4.78 is 16.0. The Bertz CT molecular complexity index is 696. The molecule has 2 fully saturated rings. The van der Waals surface area contributed by atoms with Crippen LogP contribution in [0.5, 0.6) is 11.8 Å². The highest BCUT2D eigenvalue weighted by atomic mass is 16.5. The smallest absolute Gasteiger partial charge is 0.259 e. The third-order valence-electron chi connectivity index (χ3n) is 5.43. The number of amides is 2. The van der Waals surface area contributed by atoms with Crippen molar-refractivity contribution in [3.63, 3.8) is 0 Å². The van der Waals surface area contributed by atoms with E-state index >= 15 is 0 Å². The fourth-order valence-corrected chi connectivity index (χ4v) is 4.03. The molecular weight excluding hydrogens is 362 g/mol. The molecule has 0 bridgehead atoms. The van der Waals surface area contributed by atoms with Gasteiger partial charge in [0.25, 0.3) is 5.91 Å². The molecule has 0 radical (unpaired) electrons. The van der Waals surface area contributed by atoms with E-state index in [1.165, 1.54) is 14.2 Å². The summed E-state index contributed by atoms with van der Waals surface area (Å²) in [6.07, 6.45) is 4.33. The zero-order valence-corrected chi connectivity index (χ0v) is 16.6. The standard InChI is InChI=1S/C20H29N3O5/c1-26-17-9-8-15(19(22-17)27-2)20(25)23-11-5-12-28-13-10-21-18(24)14-6-3-4-7-16(14)23/h8-9,14,16H,3-7,10-13H2,1-2H3,(H,21,24). The van der Waals surface area contributed by atoms with Gasteiger partial charge in [-0.3, -0.25) is 9.59 Å². The lowest BCUT2D eigenvalue weighted by Crippen LogP contribution is -2.51. The van der Waals surface area contributed by atoms with Crippen molar-refractivity contribution in [2.24, 2.45) is 5.92 Å². The Hall–Kier alpha value is -2.35. The molecule has 1 saturated heterocycles. The van der Waals surface area contributed by atoms with Gasteiger partial charge in [-0.15, -0.1) is 0 Å². The monoisotopic (exact) mass is 391 g/mol. The molecule has 2 atom stereocenters. The minimum Gasteiger partial charge on any atom is -0.481 e. The molecule has 1 aromatic heterocycles. The zero-order valence-electron chi connectivity index (χ0n) is 16.6. The quantitative estimate of drug-likeness (QED) is 0.842. The number of methoxy groups -OCH3 is 2. The van der Waals surface area contributed by atoms with E-state index in [0.29, 0.717) is 37.7 Å². The number of rotatable bonds is 3. The fourth-order valence-electron chi connectivity index (χ4n) is 4.03. The molecule has 3 rings (SSSR count). The van der Waals surface area contributed by atoms with Crippen LogP contribution in [-0.4, -0.2) is 68.3 Å². The molecule has 1 aliphatic heterocycles. The van der Waals surface area contributed by atoms with Crippen LogP contribution in [0, 0.1) is 5.92 Å². The van der Waals surface area contributed by atoms with E-state index in [1.807, 2.05) is 4.90 Å². The molecule has 2 unspecified atom stereocenters. The maximum Gasteiger partial charge on any atom is 0.259 e. The lowest BCUT2D eigenvalue weighted by Gasteiger charge is -2.39. The van der Waals surface area contributed by atoms with Crippen LogP contribution in [0.1, 0.15) is 42.5 Å². The van der Waals surface area contributed by atoms with Crippen molar-refractivity contribution in [2.45, 2.75) is 38.1 Å². The number of nitrogens with one attached hydrogen (secondary N) is 1. The zero-order chi connectivity index (χ0) is 19.9. The van der Waals surface area contributed by atoms with Crippen molar-refractivity contribution in [3.05, 3.63) is 17.7 Å². The first-order chi connectivity index (χ1) is 13.7. The number of aromatic nitrogens is 1. The van der Waals surface area contributed by atoms with Gasteiger partial charge in [-0.05, 0) is 25.3 Å². The van der Waals surface area contributed by atoms with E-state index in [-0.39, 0.29) is 29.7 Å². The van der Waals surface area contributed by atoms with E-state index in [4.69, 9.17) is 14.2 Å². The maximum atomic E-state index is 13.5. The number of fused-ring (bicyclic) bond motifs is 1. The van der Waals surface area contributed by atoms with Gasteiger partial charge in [0.15, 0.2) is 0 Å². The van der Waals surface area contributed by atoms with Crippen molar-refractivity contribution >= 4 is 11.8 Å². The van der Waals surface area contributed by atoms with Crippen LogP contribution in [0.25, 0.3) is 0 Å². The molecule has 1 aromatic rings. The predicted molar refractivity (Wildman–Crippen MR) is 103 cm³/mol. The van der Waals surface area contributed by atoms with Crippen LogP contribution in [0.2, 0.25) is 0 Å². The first-order valence-corrected chi connectivity index (χ1v) is 9.91. The molecule has 0 spiro atoms. The molecule has 1 N–H and O–H groups in total. The third kappa shape index (κ3) is 4.55. The van der Waals surface area contributed by atoms with Crippen molar-refractivity contribution in [1.29, 1.82) is 0 Å². The molecule has 1 aliphatic carbocycles. The molecular formula is C20H29N3O5. The molecule has 2 aliphatic rings. The first-order valence-electron chi connectivity index (χ1n) is 9.91. The van der Waals surface area contributed by atoms with Crippen LogP contribution < -0.4 is 14.8 Å². The fraction of sp³-hybridized carbons (Fsp3) is 0.650. The Balaban J connectivity index is 1.92. The lowest BCUT2D eigenvalue weighted by molar-refractivity contribution is -0.128. The number of carbonyl (C=O) groups excluding carboxylic acids is 2. The highest BCUT2D eigenvalue weighted by Crippen LogP contribution is 2.31. The topological polar surface area (TPSA) is 90.0 Å². The predicted octanol–water partition coefficient (Wildman–Crippen LogP) is 1.64. The van der Waals surface area contributed by atoms with Gasteiger partial charge in [-0.2, -0.15) is 4.98 Å². The van der Waals surface area contributed by atoms with Gasteiger partial charge in [0, 0.05) is 31.8 Å². The van der Waals surface area contributed by atoms with Gasteiger partial charge in [0.05, 0.1) is 26.7 Å². The number of nitrogens with zero attached hydrogens (tertiary/aromatic N) is 2. The van der Waals surface area contributed by atoms with Crippen molar-refractivity contribution in [2.75, 3.05) is 40.5 Å². The van der Waals surface area contributed by atoms with Crippen molar-refractivity contribution in [1.82, 2.24) is 15.2 Å². The minimum absolute atomic E-state index is 0.00724. The van der Waals surface area contributed by atoms with Gasteiger partial charge in [0.2, 0.25) is 17.7 Å². The maximum absolute atomic E-state index is 13.5. The van der Waals surface area contributed by atoms with E-state index in [9.17, 15) is 9.59 Å². The number of ether oxygens (including phenoxy) is 3. The highest BCUT2D eigenvalue weighted by molar-refractivity contribution is 5.97. The first kappa shape index (κ1) is 20.4. The number of hydrogen-bond donors (Lipinski definition) is 1. The molecule has 2 amide bonds.